The van der Waals surface area contributed by atoms with Gasteiger partial charge in [-0.05, 0) is 24.6 Å². The molecule has 1 aromatic carbocycles. The van der Waals surface area contributed by atoms with E-state index in [9.17, 15) is 14.4 Å². The molecule has 2 aromatic rings. The monoisotopic (exact) mass is 327 g/mol. The summed E-state index contributed by atoms with van der Waals surface area (Å²) in [7, 11) is 1.84. The van der Waals surface area contributed by atoms with E-state index in [2.05, 4.69) is 5.10 Å². The summed E-state index contributed by atoms with van der Waals surface area (Å²) in [5.74, 6) is -1.51. The number of aryl methyl sites for hydroxylation is 1. The number of carbonyl (C=O) groups is 1. The van der Waals surface area contributed by atoms with Gasteiger partial charge in [0.25, 0.3) is 0 Å². The summed E-state index contributed by atoms with van der Waals surface area (Å²) in [6, 6.07) is 6.42. The van der Waals surface area contributed by atoms with E-state index in [0.717, 1.165) is 11.3 Å². The number of rotatable bonds is 3. The van der Waals surface area contributed by atoms with E-state index in [0.29, 0.717) is 18.8 Å². The van der Waals surface area contributed by atoms with Crippen LogP contribution in [0.5, 0.6) is 0 Å². The van der Waals surface area contributed by atoms with Crippen LogP contribution in [0.3, 0.4) is 0 Å². The van der Waals surface area contributed by atoms with Gasteiger partial charge in [0, 0.05) is 31.7 Å². The van der Waals surface area contributed by atoms with Gasteiger partial charge in [-0.1, -0.05) is 6.07 Å². The predicted molar refractivity (Wildman–Crippen MR) is 86.7 cm³/mol. The molecule has 6 nitrogen and oxygen atoms in total. The molecule has 2 N–H and O–H groups in total. The minimum Gasteiger partial charge on any atom is -0.369 e. The molecule has 24 heavy (non-hydrogen) atoms. The fraction of sp³-hybridized carbons (Fsp3) is 0.353. The summed E-state index contributed by atoms with van der Waals surface area (Å²) in [5.41, 5.74) is 8.00. The molecule has 0 bridgehead atoms. The summed E-state index contributed by atoms with van der Waals surface area (Å²) >= 11 is 0. The minimum atomic E-state index is -0.563. The van der Waals surface area contributed by atoms with Gasteiger partial charge in [-0.15, -0.1) is 0 Å². The highest BCUT2D eigenvalue weighted by Gasteiger charge is 2.39. The van der Waals surface area contributed by atoms with Gasteiger partial charge in [-0.3, -0.25) is 9.48 Å². The number of nitrogens with two attached hydrogens (primary N) is 1. The van der Waals surface area contributed by atoms with Gasteiger partial charge in [-0.2, -0.15) is 10.4 Å². The lowest BCUT2D eigenvalue weighted by molar-refractivity contribution is -0.121. The highest BCUT2D eigenvalue weighted by atomic mass is 19.1. The summed E-state index contributed by atoms with van der Waals surface area (Å²) in [6.07, 6.45) is 1.75. The maximum absolute atomic E-state index is 13.9. The van der Waals surface area contributed by atoms with Crippen LogP contribution in [0, 0.1) is 30.0 Å². The Morgan fingerprint density at radius 1 is 1.46 bits per heavy atom. The van der Waals surface area contributed by atoms with Crippen molar-refractivity contribution < 1.29 is 9.18 Å². The normalized spacial score (nSPS) is 20.2. The molecule has 2 atom stereocenters. The Balaban J connectivity index is 2.00. The summed E-state index contributed by atoms with van der Waals surface area (Å²) in [6.45, 7) is 2.77. The maximum Gasteiger partial charge on any atom is 0.223 e. The Hall–Kier alpha value is -2.88. The zero-order valence-corrected chi connectivity index (χ0v) is 13.5. The van der Waals surface area contributed by atoms with Crippen molar-refractivity contribution in [1.82, 2.24) is 9.78 Å². The molecule has 1 aliphatic heterocycles. The number of amides is 1. The number of nitriles is 1. The van der Waals surface area contributed by atoms with Gasteiger partial charge >= 0.3 is 0 Å². The molecule has 1 fully saturated rings. The van der Waals surface area contributed by atoms with Crippen LogP contribution < -0.4 is 10.6 Å². The van der Waals surface area contributed by atoms with Crippen LogP contribution in [0.4, 0.5) is 10.1 Å². The molecule has 0 radical (unpaired) electrons. The average Bonchev–Trinajstić information content (AvgIpc) is 3.12. The van der Waals surface area contributed by atoms with Crippen molar-refractivity contribution in [3.63, 3.8) is 0 Å². The third-order valence-corrected chi connectivity index (χ3v) is 4.80. The number of hydrogen-bond donors (Lipinski definition) is 1. The Labute approximate surface area is 139 Å². The Bertz CT molecular complexity index is 838. The van der Waals surface area contributed by atoms with E-state index in [1.54, 1.807) is 23.0 Å². The molecule has 0 unspecified atom stereocenters. The average molecular weight is 327 g/mol. The first kappa shape index (κ1) is 16.0. The van der Waals surface area contributed by atoms with Crippen LogP contribution in [-0.4, -0.2) is 28.8 Å². The fourth-order valence-corrected chi connectivity index (χ4v) is 3.37. The van der Waals surface area contributed by atoms with Crippen molar-refractivity contribution in [2.75, 3.05) is 18.0 Å². The second-order valence-electron chi connectivity index (χ2n) is 6.08. The number of anilines is 1. The Morgan fingerprint density at radius 2 is 2.21 bits per heavy atom. The standard InChI is InChI=1S/C17H18FN5O/c1-10-12(7-21-22(10)2)13-8-23(9-14(13)17(20)24)16-5-3-4-15(18)11(16)6-19/h3-5,7,13-14H,8-9H2,1-2H3,(H2,20,24)/t13-,14+/m1/s1. The van der Waals surface area contributed by atoms with Crippen LogP contribution in [-0.2, 0) is 11.8 Å². The SMILES string of the molecule is Cc1c([C@H]2CN(c3cccc(F)c3C#N)C[C@@H]2C(N)=O)cnn1C. The van der Waals surface area contributed by atoms with Crippen LogP contribution in [0.2, 0.25) is 0 Å². The first-order valence-electron chi connectivity index (χ1n) is 7.65. The first-order chi connectivity index (χ1) is 11.4. The molecular weight excluding hydrogens is 309 g/mol. The lowest BCUT2D eigenvalue weighted by Crippen LogP contribution is -2.29. The third kappa shape index (κ3) is 2.50. The molecule has 1 amide bonds. The van der Waals surface area contributed by atoms with E-state index in [1.807, 2.05) is 24.9 Å². The number of nitrogens with zero attached hydrogens (tertiary/aromatic N) is 4. The topological polar surface area (TPSA) is 87.9 Å². The smallest absolute Gasteiger partial charge is 0.223 e. The van der Waals surface area contributed by atoms with Gasteiger partial charge in [-0.25, -0.2) is 4.39 Å². The molecule has 3 rings (SSSR count). The number of hydrogen-bond acceptors (Lipinski definition) is 4. The number of carbonyl (C=O) groups excluding carboxylic acids is 1. The van der Waals surface area contributed by atoms with E-state index < -0.39 is 17.6 Å². The molecule has 0 spiro atoms. The van der Waals surface area contributed by atoms with Crippen molar-refractivity contribution in [2.24, 2.45) is 18.7 Å². The van der Waals surface area contributed by atoms with Crippen LogP contribution in [0.25, 0.3) is 0 Å². The van der Waals surface area contributed by atoms with E-state index in [4.69, 9.17) is 5.73 Å². The summed E-state index contributed by atoms with van der Waals surface area (Å²) in [5, 5.41) is 13.5. The summed E-state index contributed by atoms with van der Waals surface area (Å²) in [4.78, 5) is 13.8. The van der Waals surface area contributed by atoms with Crippen molar-refractivity contribution in [2.45, 2.75) is 12.8 Å². The molecule has 1 saturated heterocycles. The van der Waals surface area contributed by atoms with Crippen molar-refractivity contribution >= 4 is 11.6 Å². The quantitative estimate of drug-likeness (QED) is 0.924. The second kappa shape index (κ2) is 5.96. The van der Waals surface area contributed by atoms with Gasteiger partial charge in [0.2, 0.25) is 5.91 Å². The molecule has 7 heteroatoms. The van der Waals surface area contributed by atoms with Crippen molar-refractivity contribution in [3.8, 4) is 6.07 Å². The molecule has 1 aliphatic rings. The fourth-order valence-electron chi connectivity index (χ4n) is 3.37. The molecule has 2 heterocycles. The lowest BCUT2D eigenvalue weighted by Gasteiger charge is -2.20. The van der Waals surface area contributed by atoms with Crippen molar-refractivity contribution in [3.05, 3.63) is 47.0 Å². The molecule has 0 saturated carbocycles. The minimum absolute atomic E-state index is 0.00993. The molecular formula is C17H18FN5O. The van der Waals surface area contributed by atoms with Gasteiger partial charge in [0.1, 0.15) is 17.4 Å². The van der Waals surface area contributed by atoms with Crippen LogP contribution in [0.1, 0.15) is 22.7 Å². The molecule has 1 aromatic heterocycles. The Morgan fingerprint density at radius 3 is 2.79 bits per heavy atom. The lowest BCUT2D eigenvalue weighted by atomic mass is 9.89. The van der Waals surface area contributed by atoms with E-state index >= 15 is 0 Å². The van der Waals surface area contributed by atoms with E-state index in [-0.39, 0.29) is 11.5 Å². The largest absolute Gasteiger partial charge is 0.369 e. The van der Waals surface area contributed by atoms with Gasteiger partial charge < -0.3 is 10.6 Å². The van der Waals surface area contributed by atoms with Gasteiger partial charge in [0.05, 0.1) is 17.8 Å². The van der Waals surface area contributed by atoms with Crippen LogP contribution in [0.15, 0.2) is 24.4 Å². The zero-order chi connectivity index (χ0) is 17.4. The number of benzene rings is 1. The van der Waals surface area contributed by atoms with Crippen molar-refractivity contribution in [1.29, 1.82) is 5.26 Å². The third-order valence-electron chi connectivity index (χ3n) is 4.80. The number of halogens is 1. The number of aromatic nitrogens is 2. The van der Waals surface area contributed by atoms with E-state index in [1.165, 1.54) is 6.07 Å². The molecule has 124 valence electrons. The maximum atomic E-state index is 13.9. The van der Waals surface area contributed by atoms with Crippen LogP contribution >= 0.6 is 0 Å². The highest BCUT2D eigenvalue weighted by molar-refractivity contribution is 5.80. The number of primary amides is 1. The Kier molecular flexibility index (Phi) is 3.97. The highest BCUT2D eigenvalue weighted by Crippen LogP contribution is 2.37. The molecule has 0 aliphatic carbocycles. The predicted octanol–water partition coefficient (Wildman–Crippen LogP) is 1.44. The first-order valence-corrected chi connectivity index (χ1v) is 7.65. The van der Waals surface area contributed by atoms with Gasteiger partial charge in [0.15, 0.2) is 0 Å². The summed E-state index contributed by atoms with van der Waals surface area (Å²) < 4.78 is 15.6. The second-order valence-corrected chi connectivity index (χ2v) is 6.08. The zero-order valence-electron chi connectivity index (χ0n) is 13.5.